The Hall–Kier alpha value is -0.690. The molecule has 0 saturated heterocycles. The van der Waals surface area contributed by atoms with Crippen molar-refractivity contribution in [3.63, 3.8) is 0 Å². The van der Waals surface area contributed by atoms with Crippen molar-refractivity contribution >= 4 is 0 Å². The SMILES string of the molecule is C=C(CNC1CC1)COCC(F)(F)C(F)(F)F. The van der Waals surface area contributed by atoms with Gasteiger partial charge in [0.15, 0.2) is 0 Å². The van der Waals surface area contributed by atoms with E-state index in [1.807, 2.05) is 0 Å². The van der Waals surface area contributed by atoms with Gasteiger partial charge in [-0.25, -0.2) is 0 Å². The summed E-state index contributed by atoms with van der Waals surface area (Å²) >= 11 is 0. The first-order valence-electron chi connectivity index (χ1n) is 5.15. The van der Waals surface area contributed by atoms with Gasteiger partial charge in [0.25, 0.3) is 0 Å². The van der Waals surface area contributed by atoms with Crippen LogP contribution in [-0.4, -0.2) is 37.9 Å². The molecule has 0 spiro atoms. The molecule has 1 saturated carbocycles. The van der Waals surface area contributed by atoms with Gasteiger partial charge in [0.1, 0.15) is 6.61 Å². The zero-order valence-corrected chi connectivity index (χ0v) is 9.12. The van der Waals surface area contributed by atoms with Crippen molar-refractivity contribution < 1.29 is 26.7 Å². The molecule has 0 bridgehead atoms. The monoisotopic (exact) mass is 259 g/mol. The first-order valence-corrected chi connectivity index (χ1v) is 5.15. The molecule has 1 fully saturated rings. The van der Waals surface area contributed by atoms with Gasteiger partial charge in [0, 0.05) is 12.6 Å². The molecule has 1 aliphatic rings. The summed E-state index contributed by atoms with van der Waals surface area (Å²) in [5.41, 5.74) is 0.454. The smallest absolute Gasteiger partial charge is 0.370 e. The third-order valence-corrected chi connectivity index (χ3v) is 2.22. The second kappa shape index (κ2) is 5.30. The van der Waals surface area contributed by atoms with E-state index in [2.05, 4.69) is 16.6 Å². The molecule has 0 unspecified atom stereocenters. The first-order chi connectivity index (χ1) is 7.72. The van der Waals surface area contributed by atoms with Crippen molar-refractivity contribution in [2.75, 3.05) is 19.8 Å². The highest BCUT2D eigenvalue weighted by molar-refractivity contribution is 4.99. The van der Waals surface area contributed by atoms with Crippen LogP contribution in [-0.2, 0) is 4.74 Å². The summed E-state index contributed by atoms with van der Waals surface area (Å²) in [5.74, 6) is -4.81. The molecular formula is C10H14F5NO. The van der Waals surface area contributed by atoms with Crippen molar-refractivity contribution in [3.05, 3.63) is 12.2 Å². The van der Waals surface area contributed by atoms with Crippen LogP contribution in [0.25, 0.3) is 0 Å². The Morgan fingerprint density at radius 1 is 1.24 bits per heavy atom. The van der Waals surface area contributed by atoms with Crippen LogP contribution in [0.15, 0.2) is 12.2 Å². The van der Waals surface area contributed by atoms with Gasteiger partial charge in [-0.3, -0.25) is 0 Å². The number of nitrogens with one attached hydrogen (secondary N) is 1. The largest absolute Gasteiger partial charge is 0.455 e. The fraction of sp³-hybridized carbons (Fsp3) is 0.800. The predicted molar refractivity (Wildman–Crippen MR) is 52.0 cm³/mol. The van der Waals surface area contributed by atoms with Crippen LogP contribution in [0.5, 0.6) is 0 Å². The molecule has 0 aliphatic heterocycles. The van der Waals surface area contributed by atoms with Crippen LogP contribution in [0.2, 0.25) is 0 Å². The number of halogens is 5. The molecule has 0 aromatic carbocycles. The zero-order valence-electron chi connectivity index (χ0n) is 9.12. The van der Waals surface area contributed by atoms with Gasteiger partial charge >= 0.3 is 12.1 Å². The average molecular weight is 259 g/mol. The topological polar surface area (TPSA) is 21.3 Å². The highest BCUT2D eigenvalue weighted by Crippen LogP contribution is 2.35. The van der Waals surface area contributed by atoms with Crippen LogP contribution < -0.4 is 5.32 Å². The molecule has 100 valence electrons. The molecule has 0 amide bonds. The summed E-state index contributed by atoms with van der Waals surface area (Å²) in [5, 5.41) is 3.04. The van der Waals surface area contributed by atoms with E-state index in [0.717, 1.165) is 12.8 Å². The van der Waals surface area contributed by atoms with E-state index in [0.29, 0.717) is 18.2 Å². The van der Waals surface area contributed by atoms with Gasteiger partial charge in [-0.15, -0.1) is 0 Å². The Morgan fingerprint density at radius 3 is 2.29 bits per heavy atom. The van der Waals surface area contributed by atoms with Gasteiger partial charge in [0.05, 0.1) is 6.61 Å². The molecule has 17 heavy (non-hydrogen) atoms. The highest BCUT2D eigenvalue weighted by atomic mass is 19.4. The molecule has 7 heteroatoms. The van der Waals surface area contributed by atoms with E-state index in [9.17, 15) is 22.0 Å². The Balaban J connectivity index is 2.15. The Kier molecular flexibility index (Phi) is 4.48. The van der Waals surface area contributed by atoms with Gasteiger partial charge in [-0.05, 0) is 18.4 Å². The fourth-order valence-electron chi connectivity index (χ4n) is 1.03. The van der Waals surface area contributed by atoms with E-state index in [1.54, 1.807) is 0 Å². The minimum absolute atomic E-state index is 0.300. The van der Waals surface area contributed by atoms with Crippen LogP contribution in [0, 0.1) is 0 Å². The van der Waals surface area contributed by atoms with E-state index >= 15 is 0 Å². The lowest BCUT2D eigenvalue weighted by atomic mass is 10.3. The van der Waals surface area contributed by atoms with Crippen molar-refractivity contribution in [2.45, 2.75) is 31.0 Å². The summed E-state index contributed by atoms with van der Waals surface area (Å²) in [4.78, 5) is 0. The molecule has 0 aromatic heterocycles. The quantitative estimate of drug-likeness (QED) is 0.560. The van der Waals surface area contributed by atoms with Crippen LogP contribution in [0.3, 0.4) is 0 Å². The lowest BCUT2D eigenvalue weighted by Crippen LogP contribution is -2.41. The Labute approximate surface area is 95.8 Å². The minimum atomic E-state index is -5.57. The summed E-state index contributed by atoms with van der Waals surface area (Å²) in [6.45, 7) is 1.93. The molecule has 0 radical (unpaired) electrons. The molecular weight excluding hydrogens is 245 g/mol. The second-order valence-electron chi connectivity index (χ2n) is 4.10. The molecule has 0 atom stereocenters. The van der Waals surface area contributed by atoms with Crippen LogP contribution >= 0.6 is 0 Å². The normalized spacial score (nSPS) is 17.2. The summed E-state index contributed by atoms with van der Waals surface area (Å²) in [7, 11) is 0. The predicted octanol–water partition coefficient (Wildman–Crippen LogP) is 2.51. The Morgan fingerprint density at radius 2 is 1.82 bits per heavy atom. The van der Waals surface area contributed by atoms with E-state index < -0.39 is 18.7 Å². The lowest BCUT2D eigenvalue weighted by Gasteiger charge is -2.19. The first kappa shape index (κ1) is 14.4. The van der Waals surface area contributed by atoms with Gasteiger partial charge < -0.3 is 10.1 Å². The number of ether oxygens (including phenoxy) is 1. The number of alkyl halides is 5. The molecule has 1 rings (SSSR count). The second-order valence-corrected chi connectivity index (χ2v) is 4.10. The van der Waals surface area contributed by atoms with Crippen molar-refractivity contribution in [2.24, 2.45) is 0 Å². The maximum absolute atomic E-state index is 12.4. The van der Waals surface area contributed by atoms with Crippen LogP contribution in [0.4, 0.5) is 22.0 Å². The number of hydrogen-bond donors (Lipinski definition) is 1. The fourth-order valence-corrected chi connectivity index (χ4v) is 1.03. The van der Waals surface area contributed by atoms with Crippen molar-refractivity contribution in [1.82, 2.24) is 5.32 Å². The average Bonchev–Trinajstić information content (AvgIpc) is 2.96. The summed E-state index contributed by atoms with van der Waals surface area (Å²) < 4.78 is 64.4. The van der Waals surface area contributed by atoms with Gasteiger partial charge in [-0.2, -0.15) is 22.0 Å². The van der Waals surface area contributed by atoms with E-state index in [1.165, 1.54) is 0 Å². The third-order valence-electron chi connectivity index (χ3n) is 2.22. The summed E-state index contributed by atoms with van der Waals surface area (Å²) in [6, 6.07) is 0.420. The maximum Gasteiger partial charge on any atom is 0.455 e. The molecule has 1 N–H and O–H groups in total. The molecule has 0 aromatic rings. The lowest BCUT2D eigenvalue weighted by molar-refractivity contribution is -0.296. The number of hydrogen-bond acceptors (Lipinski definition) is 2. The van der Waals surface area contributed by atoms with Crippen LogP contribution in [0.1, 0.15) is 12.8 Å². The maximum atomic E-state index is 12.4. The van der Waals surface area contributed by atoms with Gasteiger partial charge in [-0.1, -0.05) is 6.58 Å². The summed E-state index contributed by atoms with van der Waals surface area (Å²) in [6.07, 6.45) is -3.46. The van der Waals surface area contributed by atoms with Crippen molar-refractivity contribution in [1.29, 1.82) is 0 Å². The molecule has 1 aliphatic carbocycles. The third kappa shape index (κ3) is 4.99. The molecule has 0 heterocycles. The van der Waals surface area contributed by atoms with E-state index in [-0.39, 0.29) is 6.61 Å². The molecule has 2 nitrogen and oxygen atoms in total. The highest BCUT2D eigenvalue weighted by Gasteiger charge is 2.57. The standard InChI is InChI=1S/C10H14F5NO/c1-7(4-16-8-2-3-8)5-17-6-9(11,12)10(13,14)15/h8,16H,1-6H2. The Bertz CT molecular complexity index is 272. The van der Waals surface area contributed by atoms with E-state index in [4.69, 9.17) is 0 Å². The minimum Gasteiger partial charge on any atom is -0.370 e. The van der Waals surface area contributed by atoms with Gasteiger partial charge in [0.2, 0.25) is 0 Å². The zero-order chi connectivity index (χ0) is 13.1. The van der Waals surface area contributed by atoms with Crippen molar-refractivity contribution in [3.8, 4) is 0 Å². The number of rotatable bonds is 7.